The van der Waals surface area contributed by atoms with Crippen LogP contribution in [0.5, 0.6) is 0 Å². The summed E-state index contributed by atoms with van der Waals surface area (Å²) in [6, 6.07) is -0.569. The Kier molecular flexibility index (Phi) is 5.44. The number of rotatable bonds is 3. The number of halogens is 3. The van der Waals surface area contributed by atoms with Crippen LogP contribution in [0.3, 0.4) is 0 Å². The molecule has 2 rings (SSSR count). The molecule has 2 heterocycles. The standard InChI is InChI=1S/C12H15F3N6O4/c13-12(14,15)10(23)20-2-1-3-21(5-4-20)11(24)17-6-7-18-9(8(16)22)19-25-7/h1-6H2,(H2,16,22)(H,17,24). The lowest BCUT2D eigenvalue weighted by molar-refractivity contribution is -0.185. The van der Waals surface area contributed by atoms with Crippen LogP contribution >= 0.6 is 0 Å². The third kappa shape index (κ3) is 4.81. The van der Waals surface area contributed by atoms with E-state index in [4.69, 9.17) is 10.3 Å². The summed E-state index contributed by atoms with van der Waals surface area (Å²) >= 11 is 0. The van der Waals surface area contributed by atoms with Crippen LogP contribution in [-0.2, 0) is 11.3 Å². The monoisotopic (exact) mass is 364 g/mol. The number of primary amides is 1. The zero-order valence-corrected chi connectivity index (χ0v) is 12.9. The second-order valence-electron chi connectivity index (χ2n) is 5.17. The van der Waals surface area contributed by atoms with Gasteiger partial charge in [-0.15, -0.1) is 0 Å². The molecule has 1 aliphatic rings. The lowest BCUT2D eigenvalue weighted by atomic mass is 10.3. The first-order chi connectivity index (χ1) is 11.7. The first-order valence-corrected chi connectivity index (χ1v) is 7.19. The predicted octanol–water partition coefficient (Wildman–Crippen LogP) is -0.525. The number of hydrogen-bond donors (Lipinski definition) is 2. The Morgan fingerprint density at radius 2 is 1.80 bits per heavy atom. The van der Waals surface area contributed by atoms with Crippen molar-refractivity contribution in [2.24, 2.45) is 5.73 Å². The summed E-state index contributed by atoms with van der Waals surface area (Å²) in [5.74, 6) is -3.19. The summed E-state index contributed by atoms with van der Waals surface area (Å²) in [5.41, 5.74) is 4.95. The van der Waals surface area contributed by atoms with Crippen molar-refractivity contribution >= 4 is 17.8 Å². The summed E-state index contributed by atoms with van der Waals surface area (Å²) in [5, 5.41) is 5.73. The van der Waals surface area contributed by atoms with Gasteiger partial charge >= 0.3 is 18.1 Å². The quantitative estimate of drug-likeness (QED) is 0.741. The molecule has 13 heteroatoms. The number of alkyl halides is 3. The summed E-state index contributed by atoms with van der Waals surface area (Å²) in [6.45, 7) is -0.361. The number of nitrogens with two attached hydrogens (primary N) is 1. The van der Waals surface area contributed by atoms with Crippen LogP contribution in [0.1, 0.15) is 22.9 Å². The highest BCUT2D eigenvalue weighted by molar-refractivity contribution is 5.88. The topological polar surface area (TPSA) is 135 Å². The Morgan fingerprint density at radius 3 is 2.40 bits per heavy atom. The maximum atomic E-state index is 12.4. The van der Waals surface area contributed by atoms with E-state index in [1.807, 2.05) is 0 Å². The minimum absolute atomic E-state index is 0.0501. The van der Waals surface area contributed by atoms with Gasteiger partial charge in [-0.1, -0.05) is 5.16 Å². The van der Waals surface area contributed by atoms with Crippen LogP contribution in [0.15, 0.2) is 4.52 Å². The maximum absolute atomic E-state index is 12.4. The largest absolute Gasteiger partial charge is 0.471 e. The lowest BCUT2D eigenvalue weighted by Gasteiger charge is -2.22. The van der Waals surface area contributed by atoms with E-state index in [0.717, 1.165) is 0 Å². The molecular formula is C12H15F3N6O4. The molecule has 138 valence electrons. The fourth-order valence-corrected chi connectivity index (χ4v) is 2.19. The zero-order chi connectivity index (χ0) is 18.6. The molecule has 1 aromatic rings. The Hall–Kier alpha value is -2.86. The van der Waals surface area contributed by atoms with E-state index in [9.17, 15) is 27.6 Å². The average molecular weight is 364 g/mol. The van der Waals surface area contributed by atoms with E-state index in [-0.39, 0.29) is 50.9 Å². The van der Waals surface area contributed by atoms with Crippen molar-refractivity contribution in [3.05, 3.63) is 11.7 Å². The highest BCUT2D eigenvalue weighted by atomic mass is 19.4. The van der Waals surface area contributed by atoms with Gasteiger partial charge in [0.05, 0.1) is 6.54 Å². The highest BCUT2D eigenvalue weighted by Gasteiger charge is 2.42. The Balaban J connectivity index is 1.86. The number of amides is 4. The van der Waals surface area contributed by atoms with Crippen LogP contribution in [0, 0.1) is 0 Å². The summed E-state index contributed by atoms with van der Waals surface area (Å²) in [6.07, 6.45) is -4.73. The molecule has 0 unspecified atom stereocenters. The first-order valence-electron chi connectivity index (χ1n) is 7.19. The fourth-order valence-electron chi connectivity index (χ4n) is 2.19. The van der Waals surface area contributed by atoms with Gasteiger partial charge in [-0.2, -0.15) is 18.2 Å². The summed E-state index contributed by atoms with van der Waals surface area (Å²) in [4.78, 5) is 39.7. The van der Waals surface area contributed by atoms with Crippen LogP contribution < -0.4 is 11.1 Å². The number of hydrogen-bond acceptors (Lipinski definition) is 6. The molecule has 0 aliphatic carbocycles. The molecule has 1 fully saturated rings. The van der Waals surface area contributed by atoms with Gasteiger partial charge in [-0.25, -0.2) is 4.79 Å². The number of aromatic nitrogens is 2. The molecule has 1 aliphatic heterocycles. The van der Waals surface area contributed by atoms with E-state index < -0.39 is 24.0 Å². The van der Waals surface area contributed by atoms with Crippen molar-refractivity contribution in [1.82, 2.24) is 25.3 Å². The van der Waals surface area contributed by atoms with E-state index >= 15 is 0 Å². The third-order valence-corrected chi connectivity index (χ3v) is 3.39. The second-order valence-corrected chi connectivity index (χ2v) is 5.17. The SMILES string of the molecule is NC(=O)c1noc(CNC(=O)N2CCCN(C(=O)C(F)(F)F)CC2)n1. The van der Waals surface area contributed by atoms with Crippen LogP contribution in [0.2, 0.25) is 0 Å². The number of nitrogens with one attached hydrogen (secondary N) is 1. The molecule has 25 heavy (non-hydrogen) atoms. The smallest absolute Gasteiger partial charge is 0.363 e. The van der Waals surface area contributed by atoms with Gasteiger partial charge in [0.25, 0.3) is 11.7 Å². The minimum atomic E-state index is -4.94. The normalized spacial score (nSPS) is 15.6. The molecular weight excluding hydrogens is 349 g/mol. The Labute approximate surface area is 139 Å². The molecule has 0 aromatic carbocycles. The van der Waals surface area contributed by atoms with E-state index in [1.54, 1.807) is 0 Å². The lowest BCUT2D eigenvalue weighted by Crippen LogP contribution is -2.45. The van der Waals surface area contributed by atoms with Crippen LogP contribution in [-0.4, -0.2) is 70.1 Å². The maximum Gasteiger partial charge on any atom is 0.471 e. The summed E-state index contributed by atoms with van der Waals surface area (Å²) in [7, 11) is 0. The predicted molar refractivity (Wildman–Crippen MR) is 73.9 cm³/mol. The molecule has 1 aromatic heterocycles. The van der Waals surface area contributed by atoms with E-state index in [2.05, 4.69) is 15.5 Å². The van der Waals surface area contributed by atoms with Gasteiger partial charge in [-0.05, 0) is 6.42 Å². The van der Waals surface area contributed by atoms with E-state index in [0.29, 0.717) is 4.90 Å². The molecule has 1 saturated heterocycles. The van der Waals surface area contributed by atoms with Crippen LogP contribution in [0.25, 0.3) is 0 Å². The molecule has 0 saturated carbocycles. The fraction of sp³-hybridized carbons (Fsp3) is 0.583. The first kappa shape index (κ1) is 18.5. The van der Waals surface area contributed by atoms with Crippen molar-refractivity contribution in [2.45, 2.75) is 19.1 Å². The molecule has 0 spiro atoms. The van der Waals surface area contributed by atoms with Crippen molar-refractivity contribution in [1.29, 1.82) is 0 Å². The minimum Gasteiger partial charge on any atom is -0.363 e. The van der Waals surface area contributed by atoms with Crippen molar-refractivity contribution in [3.8, 4) is 0 Å². The molecule has 10 nitrogen and oxygen atoms in total. The van der Waals surface area contributed by atoms with Crippen molar-refractivity contribution < 1.29 is 32.1 Å². The molecule has 0 atom stereocenters. The number of urea groups is 1. The van der Waals surface area contributed by atoms with Gasteiger partial charge in [0, 0.05) is 26.2 Å². The number of carbonyl (C=O) groups excluding carboxylic acids is 3. The third-order valence-electron chi connectivity index (χ3n) is 3.39. The Bertz CT molecular complexity index is 662. The molecule has 0 radical (unpaired) electrons. The van der Waals surface area contributed by atoms with Crippen molar-refractivity contribution in [2.75, 3.05) is 26.2 Å². The number of carbonyl (C=O) groups is 3. The van der Waals surface area contributed by atoms with Gasteiger partial charge in [-0.3, -0.25) is 9.59 Å². The summed E-state index contributed by atoms with van der Waals surface area (Å²) < 4.78 is 42.0. The van der Waals surface area contributed by atoms with Crippen LogP contribution in [0.4, 0.5) is 18.0 Å². The molecule has 0 bridgehead atoms. The van der Waals surface area contributed by atoms with Gasteiger partial charge in [0.15, 0.2) is 0 Å². The zero-order valence-electron chi connectivity index (χ0n) is 12.9. The highest BCUT2D eigenvalue weighted by Crippen LogP contribution is 2.19. The molecule has 3 N–H and O–H groups in total. The van der Waals surface area contributed by atoms with Gasteiger partial charge in [0.1, 0.15) is 0 Å². The molecule has 4 amide bonds. The second kappa shape index (κ2) is 7.36. The Morgan fingerprint density at radius 1 is 1.16 bits per heavy atom. The van der Waals surface area contributed by atoms with E-state index in [1.165, 1.54) is 4.90 Å². The van der Waals surface area contributed by atoms with Crippen molar-refractivity contribution in [3.63, 3.8) is 0 Å². The van der Waals surface area contributed by atoms with Gasteiger partial charge < -0.3 is 25.4 Å². The average Bonchev–Trinajstić information content (AvgIpc) is 2.88. The van der Waals surface area contributed by atoms with Gasteiger partial charge in [0.2, 0.25) is 5.89 Å². The number of nitrogens with zero attached hydrogens (tertiary/aromatic N) is 4.